The van der Waals surface area contributed by atoms with Gasteiger partial charge in [-0.1, -0.05) is 22.9 Å². The van der Waals surface area contributed by atoms with Crippen molar-refractivity contribution in [1.29, 1.82) is 0 Å². The molecule has 0 aliphatic heterocycles. The molecule has 2 aromatic heterocycles. The zero-order chi connectivity index (χ0) is 15.4. The van der Waals surface area contributed by atoms with Crippen molar-refractivity contribution in [3.63, 3.8) is 0 Å². The van der Waals surface area contributed by atoms with Gasteiger partial charge in [0, 0.05) is 22.3 Å². The molecule has 6 heteroatoms. The number of aryl methyl sites for hydroxylation is 1. The van der Waals surface area contributed by atoms with Crippen molar-refractivity contribution in [1.82, 2.24) is 10.1 Å². The minimum Gasteiger partial charge on any atom is -0.496 e. The largest absolute Gasteiger partial charge is 0.496 e. The first-order chi connectivity index (χ1) is 10.8. The summed E-state index contributed by atoms with van der Waals surface area (Å²) >= 11 is 3.36. The van der Waals surface area contributed by atoms with Crippen LogP contribution in [0.25, 0.3) is 11.4 Å². The van der Waals surface area contributed by atoms with Gasteiger partial charge in [0.2, 0.25) is 11.7 Å². The lowest BCUT2D eigenvalue weighted by atomic mass is 10.1. The third-order valence-electron chi connectivity index (χ3n) is 3.17. The lowest BCUT2D eigenvalue weighted by molar-refractivity contribution is 0.391. The summed E-state index contributed by atoms with van der Waals surface area (Å²) in [7, 11) is 1.70. The number of hydrogen-bond acceptors (Lipinski definition) is 6. The molecule has 0 aliphatic carbocycles. The Balaban J connectivity index is 1.61. The van der Waals surface area contributed by atoms with Gasteiger partial charge in [-0.3, -0.25) is 0 Å². The van der Waals surface area contributed by atoms with Gasteiger partial charge in [0.05, 0.1) is 12.9 Å². The van der Waals surface area contributed by atoms with E-state index in [2.05, 4.69) is 29.2 Å². The van der Waals surface area contributed by atoms with Crippen LogP contribution in [0.5, 0.6) is 5.75 Å². The highest BCUT2D eigenvalue weighted by molar-refractivity contribution is 7.97. The summed E-state index contributed by atoms with van der Waals surface area (Å²) in [5, 5.41) is 8.03. The van der Waals surface area contributed by atoms with Gasteiger partial charge in [0.1, 0.15) is 5.75 Å². The molecule has 0 bridgehead atoms. The summed E-state index contributed by atoms with van der Waals surface area (Å²) in [6.07, 6.45) is 0. The van der Waals surface area contributed by atoms with Gasteiger partial charge >= 0.3 is 0 Å². The fourth-order valence-electron chi connectivity index (χ4n) is 2.09. The minimum atomic E-state index is 0.651. The molecule has 0 amide bonds. The highest BCUT2D eigenvalue weighted by atomic mass is 32.2. The summed E-state index contributed by atoms with van der Waals surface area (Å²) in [6.45, 7) is 2.08. The summed E-state index contributed by atoms with van der Waals surface area (Å²) < 4.78 is 10.7. The van der Waals surface area contributed by atoms with Gasteiger partial charge in [-0.2, -0.15) is 16.3 Å². The van der Waals surface area contributed by atoms with Gasteiger partial charge in [-0.15, -0.1) is 11.8 Å². The third kappa shape index (κ3) is 3.51. The molecule has 0 N–H and O–H groups in total. The summed E-state index contributed by atoms with van der Waals surface area (Å²) in [6, 6.07) is 8.20. The van der Waals surface area contributed by atoms with Crippen LogP contribution in [0.4, 0.5) is 0 Å². The van der Waals surface area contributed by atoms with Crippen molar-refractivity contribution in [2.75, 3.05) is 7.11 Å². The second kappa shape index (κ2) is 6.98. The lowest BCUT2D eigenvalue weighted by Crippen LogP contribution is -1.92. The molecule has 22 heavy (non-hydrogen) atoms. The highest BCUT2D eigenvalue weighted by Crippen LogP contribution is 2.26. The zero-order valence-electron chi connectivity index (χ0n) is 12.4. The molecule has 114 valence electrons. The topological polar surface area (TPSA) is 48.2 Å². The van der Waals surface area contributed by atoms with Crippen molar-refractivity contribution in [2.24, 2.45) is 0 Å². The lowest BCUT2D eigenvalue weighted by Gasteiger charge is -2.08. The number of benzene rings is 1. The molecular formula is C16H16N2O2S2. The van der Waals surface area contributed by atoms with Crippen LogP contribution >= 0.6 is 23.1 Å². The van der Waals surface area contributed by atoms with Crippen LogP contribution in [-0.4, -0.2) is 17.3 Å². The number of nitrogens with zero attached hydrogens (tertiary/aromatic N) is 2. The molecule has 4 nitrogen and oxygen atoms in total. The van der Waals surface area contributed by atoms with E-state index in [-0.39, 0.29) is 0 Å². The van der Waals surface area contributed by atoms with Crippen LogP contribution in [0.2, 0.25) is 0 Å². The van der Waals surface area contributed by atoms with Crippen LogP contribution in [0, 0.1) is 6.92 Å². The molecule has 0 saturated carbocycles. The third-order valence-corrected chi connectivity index (χ3v) is 4.82. The number of hydrogen-bond donors (Lipinski definition) is 0. The fourth-order valence-corrected chi connectivity index (χ4v) is 3.56. The quantitative estimate of drug-likeness (QED) is 0.663. The fraction of sp³-hybridized carbons (Fsp3) is 0.250. The van der Waals surface area contributed by atoms with Crippen molar-refractivity contribution < 1.29 is 9.26 Å². The van der Waals surface area contributed by atoms with Gasteiger partial charge in [-0.25, -0.2) is 0 Å². The maximum atomic E-state index is 5.39. The number of methoxy groups -OCH3 is 1. The first-order valence-electron chi connectivity index (χ1n) is 6.82. The SMILES string of the molecule is COc1ccc(C)cc1CSCc1nc(-c2ccsc2)no1. The zero-order valence-corrected chi connectivity index (χ0v) is 14.0. The molecule has 0 aliphatic rings. The number of thiophene rings is 1. The van der Waals surface area contributed by atoms with Crippen molar-refractivity contribution in [2.45, 2.75) is 18.4 Å². The van der Waals surface area contributed by atoms with E-state index < -0.39 is 0 Å². The Morgan fingerprint density at radius 1 is 1.27 bits per heavy atom. The van der Waals surface area contributed by atoms with Crippen LogP contribution in [0.1, 0.15) is 17.0 Å². The van der Waals surface area contributed by atoms with Crippen LogP contribution in [0.3, 0.4) is 0 Å². The molecule has 3 rings (SSSR count). The van der Waals surface area contributed by atoms with E-state index >= 15 is 0 Å². The average molecular weight is 332 g/mol. The molecule has 0 unspecified atom stereocenters. The van der Waals surface area contributed by atoms with Gasteiger partial charge in [0.15, 0.2) is 0 Å². The Kier molecular flexibility index (Phi) is 4.80. The Labute approximate surface area is 137 Å². The van der Waals surface area contributed by atoms with E-state index in [4.69, 9.17) is 9.26 Å². The molecule has 0 radical (unpaired) electrons. The highest BCUT2D eigenvalue weighted by Gasteiger charge is 2.10. The molecule has 3 aromatic rings. The van der Waals surface area contributed by atoms with E-state index in [0.717, 1.165) is 17.1 Å². The maximum Gasteiger partial charge on any atom is 0.236 e. The maximum absolute atomic E-state index is 5.39. The van der Waals surface area contributed by atoms with Crippen LogP contribution in [-0.2, 0) is 11.5 Å². The summed E-state index contributed by atoms with van der Waals surface area (Å²) in [5.41, 5.74) is 3.42. The Morgan fingerprint density at radius 2 is 2.18 bits per heavy atom. The van der Waals surface area contributed by atoms with E-state index in [0.29, 0.717) is 17.5 Å². The summed E-state index contributed by atoms with van der Waals surface area (Å²) in [4.78, 5) is 4.42. The number of thioether (sulfide) groups is 1. The molecule has 0 spiro atoms. The standard InChI is InChI=1S/C16H16N2O2S2/c1-11-3-4-14(19-2)13(7-11)9-22-10-15-17-16(18-20-15)12-5-6-21-8-12/h3-8H,9-10H2,1-2H3. The van der Waals surface area contributed by atoms with E-state index in [1.807, 2.05) is 22.9 Å². The molecule has 0 atom stereocenters. The summed E-state index contributed by atoms with van der Waals surface area (Å²) in [5.74, 6) is 3.76. The molecule has 1 aromatic carbocycles. The van der Waals surface area contributed by atoms with E-state index in [1.165, 1.54) is 11.1 Å². The van der Waals surface area contributed by atoms with Gasteiger partial charge in [0.25, 0.3) is 0 Å². The van der Waals surface area contributed by atoms with E-state index in [1.54, 1.807) is 30.2 Å². The van der Waals surface area contributed by atoms with Crippen molar-refractivity contribution >= 4 is 23.1 Å². The average Bonchev–Trinajstić information content (AvgIpc) is 3.18. The number of rotatable bonds is 6. The van der Waals surface area contributed by atoms with Gasteiger partial charge < -0.3 is 9.26 Å². The number of aromatic nitrogens is 2. The van der Waals surface area contributed by atoms with E-state index in [9.17, 15) is 0 Å². The van der Waals surface area contributed by atoms with Crippen molar-refractivity contribution in [3.05, 3.63) is 52.0 Å². The second-order valence-corrected chi connectivity index (χ2v) is 6.60. The second-order valence-electron chi connectivity index (χ2n) is 4.83. The molecule has 0 fully saturated rings. The van der Waals surface area contributed by atoms with Crippen LogP contribution in [0.15, 0.2) is 39.5 Å². The first kappa shape index (κ1) is 15.1. The Morgan fingerprint density at radius 3 is 2.95 bits per heavy atom. The molecule has 2 heterocycles. The van der Waals surface area contributed by atoms with Crippen molar-refractivity contribution in [3.8, 4) is 17.1 Å². The van der Waals surface area contributed by atoms with Gasteiger partial charge in [-0.05, 0) is 24.4 Å². The molecule has 0 saturated heterocycles. The first-order valence-corrected chi connectivity index (χ1v) is 8.92. The predicted octanol–water partition coefficient (Wildman–Crippen LogP) is 4.55. The normalized spacial score (nSPS) is 10.8. The van der Waals surface area contributed by atoms with Crippen LogP contribution < -0.4 is 4.74 Å². The molecular weight excluding hydrogens is 316 g/mol. The predicted molar refractivity (Wildman–Crippen MR) is 90.3 cm³/mol. The Bertz CT molecular complexity index is 738. The monoisotopic (exact) mass is 332 g/mol. The smallest absolute Gasteiger partial charge is 0.236 e. The Hall–Kier alpha value is -1.79. The minimum absolute atomic E-state index is 0.651. The number of ether oxygens (including phenoxy) is 1.